The number of benzene rings is 5. The van der Waals surface area contributed by atoms with Gasteiger partial charge in [0.2, 0.25) is 11.8 Å². The summed E-state index contributed by atoms with van der Waals surface area (Å²) in [5.74, 6) is -0.645. The molecule has 4 amide bonds. The number of rotatable bonds is 12. The Hall–Kier alpha value is -5.84. The average Bonchev–Trinajstić information content (AvgIpc) is 3.44. The smallest absolute Gasteiger partial charge is 0.272 e. The van der Waals surface area contributed by atoms with Crippen LogP contribution in [0.2, 0.25) is 5.02 Å². The molecule has 0 bridgehead atoms. The van der Waals surface area contributed by atoms with Crippen LogP contribution in [0.3, 0.4) is 0 Å². The van der Waals surface area contributed by atoms with Gasteiger partial charge in [-0.05, 0) is 95.9 Å². The minimum atomic E-state index is -0.641. The fourth-order valence-electron chi connectivity index (χ4n) is 5.63. The normalized spacial score (nSPS) is 14.2. The molecule has 1 saturated heterocycles. The Morgan fingerprint density at radius 1 is 0.827 bits per heavy atom. The molecule has 1 fully saturated rings. The molecule has 9 nitrogen and oxygen atoms in total. The van der Waals surface area contributed by atoms with E-state index in [4.69, 9.17) is 21.1 Å². The van der Waals surface area contributed by atoms with Crippen molar-refractivity contribution in [1.29, 1.82) is 0 Å². The largest absolute Gasteiger partial charge is 0.493 e. The average molecular weight is 732 g/mol. The molecular formula is C41H34ClN3O6S. The molecule has 1 atom stereocenters. The lowest BCUT2D eigenvalue weighted by molar-refractivity contribution is -0.121. The molecule has 0 aliphatic carbocycles. The molecule has 5 aromatic carbocycles. The van der Waals surface area contributed by atoms with Crippen molar-refractivity contribution < 1.29 is 28.7 Å². The maximum Gasteiger partial charge on any atom is 0.272 e. The monoisotopic (exact) mass is 731 g/mol. The van der Waals surface area contributed by atoms with Gasteiger partial charge in [-0.15, -0.1) is 11.8 Å². The van der Waals surface area contributed by atoms with Crippen molar-refractivity contribution in [2.45, 2.75) is 23.0 Å². The molecule has 0 aromatic heterocycles. The number of hydrogen-bond acceptors (Lipinski definition) is 7. The molecule has 5 aromatic rings. The molecule has 2 N–H and O–H groups in total. The van der Waals surface area contributed by atoms with Crippen molar-refractivity contribution in [3.8, 4) is 11.5 Å². The Labute approximate surface area is 310 Å². The maximum absolute atomic E-state index is 13.7. The van der Waals surface area contributed by atoms with E-state index in [-0.39, 0.29) is 23.9 Å². The summed E-state index contributed by atoms with van der Waals surface area (Å²) in [6.45, 7) is 0. The van der Waals surface area contributed by atoms with E-state index >= 15 is 0 Å². The predicted octanol–water partition coefficient (Wildman–Crippen LogP) is 7.78. The van der Waals surface area contributed by atoms with E-state index < -0.39 is 17.1 Å². The zero-order chi connectivity index (χ0) is 36.6. The third-order valence-electron chi connectivity index (χ3n) is 8.24. The summed E-state index contributed by atoms with van der Waals surface area (Å²) in [6, 6.07) is 35.7. The molecule has 0 radical (unpaired) electrons. The highest BCUT2D eigenvalue weighted by molar-refractivity contribution is 8.00. The number of ether oxygens (including phenoxy) is 2. The minimum absolute atomic E-state index is 0.00878. The fraction of sp³-hybridized carbons (Fsp3) is 0.122. The van der Waals surface area contributed by atoms with Crippen LogP contribution in [0.5, 0.6) is 11.5 Å². The van der Waals surface area contributed by atoms with Gasteiger partial charge in [-0.3, -0.25) is 19.2 Å². The number of hydrogen-bond donors (Lipinski definition) is 2. The van der Waals surface area contributed by atoms with Gasteiger partial charge in [0.15, 0.2) is 11.5 Å². The summed E-state index contributed by atoms with van der Waals surface area (Å²) in [7, 11) is 3.04. The van der Waals surface area contributed by atoms with Gasteiger partial charge in [0.1, 0.15) is 5.70 Å². The highest BCUT2D eigenvalue weighted by Gasteiger charge is 2.40. The quantitative estimate of drug-likeness (QED) is 0.0995. The second-order valence-electron chi connectivity index (χ2n) is 11.8. The van der Waals surface area contributed by atoms with Crippen LogP contribution in [0.1, 0.15) is 33.5 Å². The van der Waals surface area contributed by atoms with E-state index in [1.54, 1.807) is 84.9 Å². The van der Waals surface area contributed by atoms with Crippen LogP contribution in [-0.2, 0) is 20.8 Å². The van der Waals surface area contributed by atoms with Crippen molar-refractivity contribution in [3.63, 3.8) is 0 Å². The standard InChI is InChI=1S/C41H34ClN3O6S/c1-50-35-20-15-28(23-36(35)51-2)22-34(44-39(47)29-7-4-3-5-8-29)40(48)43-31-9-6-10-33(24-31)52-37-25-38(46)45(41(37)49)32-18-13-27(14-19-32)21-26-11-16-30(42)17-12-26/h3-20,22-24,37H,21,25H2,1-2H3,(H,43,48)(H,44,47)/b34-22-. The van der Waals surface area contributed by atoms with Crippen LogP contribution in [0.25, 0.3) is 6.08 Å². The summed E-state index contributed by atoms with van der Waals surface area (Å²) in [5, 5.41) is 5.62. The summed E-state index contributed by atoms with van der Waals surface area (Å²) in [6.07, 6.45) is 2.27. The minimum Gasteiger partial charge on any atom is -0.493 e. The Balaban J connectivity index is 1.15. The Morgan fingerprint density at radius 2 is 1.52 bits per heavy atom. The predicted molar refractivity (Wildman–Crippen MR) is 204 cm³/mol. The van der Waals surface area contributed by atoms with E-state index in [1.807, 2.05) is 42.5 Å². The van der Waals surface area contributed by atoms with Gasteiger partial charge in [-0.25, -0.2) is 4.90 Å². The number of nitrogens with one attached hydrogen (secondary N) is 2. The number of carbonyl (C=O) groups is 4. The van der Waals surface area contributed by atoms with Crippen molar-refractivity contribution >= 4 is 64.4 Å². The number of imide groups is 1. The van der Waals surface area contributed by atoms with Crippen molar-refractivity contribution in [3.05, 3.63) is 154 Å². The van der Waals surface area contributed by atoms with E-state index in [1.165, 1.54) is 30.9 Å². The third-order valence-corrected chi connectivity index (χ3v) is 9.67. The van der Waals surface area contributed by atoms with E-state index in [0.29, 0.717) is 50.3 Å². The van der Waals surface area contributed by atoms with E-state index in [9.17, 15) is 19.2 Å². The van der Waals surface area contributed by atoms with Crippen LogP contribution in [0.15, 0.2) is 132 Å². The zero-order valence-corrected chi connectivity index (χ0v) is 29.9. The van der Waals surface area contributed by atoms with Crippen LogP contribution in [0, 0.1) is 0 Å². The molecule has 6 rings (SSSR count). The summed E-state index contributed by atoms with van der Waals surface area (Å²) >= 11 is 7.25. The molecule has 1 aliphatic heterocycles. The molecule has 0 spiro atoms. The number of nitrogens with zero attached hydrogens (tertiary/aromatic N) is 1. The lowest BCUT2D eigenvalue weighted by Gasteiger charge is -2.16. The third kappa shape index (κ3) is 8.71. The van der Waals surface area contributed by atoms with Crippen molar-refractivity contribution in [1.82, 2.24) is 5.32 Å². The highest BCUT2D eigenvalue weighted by Crippen LogP contribution is 2.35. The molecule has 0 saturated carbocycles. The van der Waals surface area contributed by atoms with Gasteiger partial charge in [0.25, 0.3) is 11.8 Å². The lowest BCUT2D eigenvalue weighted by atomic mass is 10.0. The topological polar surface area (TPSA) is 114 Å². The van der Waals surface area contributed by atoms with E-state index in [0.717, 1.165) is 11.1 Å². The molecular weight excluding hydrogens is 698 g/mol. The lowest BCUT2D eigenvalue weighted by Crippen LogP contribution is -2.31. The highest BCUT2D eigenvalue weighted by atomic mass is 35.5. The molecule has 1 heterocycles. The van der Waals surface area contributed by atoms with Crippen LogP contribution in [-0.4, -0.2) is 43.1 Å². The molecule has 262 valence electrons. The van der Waals surface area contributed by atoms with Gasteiger partial charge in [-0.2, -0.15) is 0 Å². The van der Waals surface area contributed by atoms with E-state index in [2.05, 4.69) is 10.6 Å². The van der Waals surface area contributed by atoms with Gasteiger partial charge in [0.05, 0.1) is 25.2 Å². The number of thioether (sulfide) groups is 1. The molecule has 52 heavy (non-hydrogen) atoms. The summed E-state index contributed by atoms with van der Waals surface area (Å²) in [4.78, 5) is 55.3. The van der Waals surface area contributed by atoms with Crippen molar-refractivity contribution in [2.75, 3.05) is 24.4 Å². The SMILES string of the molecule is COc1ccc(/C=C(\NC(=O)c2ccccc2)C(=O)Nc2cccc(SC3CC(=O)N(c4ccc(Cc5ccc(Cl)cc5)cc4)C3=O)c2)cc1OC. The van der Waals surface area contributed by atoms with Crippen LogP contribution < -0.4 is 25.0 Å². The first-order valence-corrected chi connectivity index (χ1v) is 17.5. The number of halogens is 1. The molecule has 1 aliphatic rings. The van der Waals surface area contributed by atoms with Crippen LogP contribution in [0.4, 0.5) is 11.4 Å². The number of carbonyl (C=O) groups excluding carboxylic acids is 4. The van der Waals surface area contributed by atoms with Gasteiger partial charge in [0, 0.05) is 27.6 Å². The molecule has 1 unspecified atom stereocenters. The summed E-state index contributed by atoms with van der Waals surface area (Å²) in [5.41, 5.74) is 4.05. The van der Waals surface area contributed by atoms with Gasteiger partial charge >= 0.3 is 0 Å². The van der Waals surface area contributed by atoms with Crippen molar-refractivity contribution in [2.24, 2.45) is 0 Å². The first-order chi connectivity index (χ1) is 25.2. The van der Waals surface area contributed by atoms with Crippen LogP contribution >= 0.6 is 23.4 Å². The first kappa shape index (κ1) is 36.0. The second-order valence-corrected chi connectivity index (χ2v) is 13.5. The number of amides is 4. The molecule has 11 heteroatoms. The number of anilines is 2. The second kappa shape index (κ2) is 16.5. The fourth-order valence-corrected chi connectivity index (χ4v) is 6.87. The summed E-state index contributed by atoms with van der Waals surface area (Å²) < 4.78 is 10.7. The Kier molecular flexibility index (Phi) is 11.4. The van der Waals surface area contributed by atoms with Gasteiger partial charge in [-0.1, -0.05) is 66.2 Å². The first-order valence-electron chi connectivity index (χ1n) is 16.3. The van der Waals surface area contributed by atoms with Gasteiger partial charge < -0.3 is 20.1 Å². The zero-order valence-electron chi connectivity index (χ0n) is 28.3. The Morgan fingerprint density at radius 3 is 2.21 bits per heavy atom. The number of methoxy groups -OCH3 is 2. The Bertz CT molecular complexity index is 2140. The maximum atomic E-state index is 13.7.